The molecule has 2 N–H and O–H groups in total. The van der Waals surface area contributed by atoms with E-state index in [0.29, 0.717) is 4.75 Å². The van der Waals surface area contributed by atoms with Gasteiger partial charge in [-0.1, -0.05) is 0 Å². The Morgan fingerprint density at radius 1 is 1.44 bits per heavy atom. The fraction of sp³-hybridized carbons (Fsp3) is 0.538. The minimum Gasteiger partial charge on any atom is -0.387 e. The summed E-state index contributed by atoms with van der Waals surface area (Å²) in [6, 6.07) is 3.13. The lowest BCUT2D eigenvalue weighted by molar-refractivity contribution is 0.169. The highest BCUT2D eigenvalue weighted by atomic mass is 32.2. The van der Waals surface area contributed by atoms with Gasteiger partial charge in [0.15, 0.2) is 0 Å². The van der Waals surface area contributed by atoms with Crippen molar-refractivity contribution in [2.45, 2.75) is 23.7 Å². The van der Waals surface area contributed by atoms with Gasteiger partial charge in [0.1, 0.15) is 11.6 Å². The number of thioether (sulfide) groups is 1. The normalized spacial score (nSPS) is 18.7. The fourth-order valence-electron chi connectivity index (χ4n) is 1.91. The Bertz CT molecular complexity index is 423. The fourth-order valence-corrected chi connectivity index (χ4v) is 2.67. The molecule has 2 nitrogen and oxygen atoms in total. The summed E-state index contributed by atoms with van der Waals surface area (Å²) in [7, 11) is 0. The highest BCUT2D eigenvalue weighted by molar-refractivity contribution is 8.00. The van der Waals surface area contributed by atoms with Crippen LogP contribution in [0.4, 0.5) is 8.78 Å². The molecule has 2 rings (SSSR count). The number of aliphatic hydroxyl groups is 1. The number of benzene rings is 1. The zero-order valence-corrected chi connectivity index (χ0v) is 11.1. The number of aliphatic hydroxyl groups excluding tert-OH is 1. The molecular weight excluding hydrogens is 256 g/mol. The van der Waals surface area contributed by atoms with E-state index in [1.54, 1.807) is 0 Å². The first kappa shape index (κ1) is 13.8. The number of nitrogens with one attached hydrogen (secondary N) is 1. The van der Waals surface area contributed by atoms with E-state index >= 15 is 0 Å². The van der Waals surface area contributed by atoms with E-state index in [1.165, 1.54) is 12.8 Å². The molecule has 1 aliphatic rings. The van der Waals surface area contributed by atoms with Gasteiger partial charge in [0, 0.05) is 23.4 Å². The number of rotatable bonds is 6. The average molecular weight is 273 g/mol. The van der Waals surface area contributed by atoms with E-state index in [9.17, 15) is 13.9 Å². The third-order valence-corrected chi connectivity index (χ3v) is 4.76. The van der Waals surface area contributed by atoms with Gasteiger partial charge < -0.3 is 10.4 Å². The van der Waals surface area contributed by atoms with E-state index in [4.69, 9.17) is 0 Å². The first-order valence-electron chi connectivity index (χ1n) is 5.95. The molecule has 1 atom stereocenters. The summed E-state index contributed by atoms with van der Waals surface area (Å²) in [6.45, 7) is 1.03. The number of hydrogen-bond acceptors (Lipinski definition) is 3. The summed E-state index contributed by atoms with van der Waals surface area (Å²) in [5, 5.41) is 13.0. The summed E-state index contributed by atoms with van der Waals surface area (Å²) in [5.74, 6) is -1.11. The molecule has 0 radical (unpaired) electrons. The third kappa shape index (κ3) is 3.22. The van der Waals surface area contributed by atoms with Gasteiger partial charge in [-0.25, -0.2) is 8.78 Å². The largest absolute Gasteiger partial charge is 0.387 e. The lowest BCUT2D eigenvalue weighted by atomic mass is 10.1. The van der Waals surface area contributed by atoms with Crippen molar-refractivity contribution in [3.8, 4) is 0 Å². The lowest BCUT2D eigenvalue weighted by Crippen LogP contribution is -2.30. The molecule has 1 aromatic carbocycles. The van der Waals surface area contributed by atoms with Gasteiger partial charge in [-0.05, 0) is 37.3 Å². The summed E-state index contributed by atoms with van der Waals surface area (Å²) >= 11 is 1.81. The third-order valence-electron chi connectivity index (χ3n) is 3.34. The van der Waals surface area contributed by atoms with E-state index in [-0.39, 0.29) is 12.1 Å². The second-order valence-electron chi connectivity index (χ2n) is 4.70. The summed E-state index contributed by atoms with van der Waals surface area (Å²) < 4.78 is 26.7. The van der Waals surface area contributed by atoms with Gasteiger partial charge in [0.25, 0.3) is 0 Å². The van der Waals surface area contributed by atoms with E-state index in [0.717, 1.165) is 24.7 Å². The maximum atomic E-state index is 13.4. The molecule has 1 fully saturated rings. The highest BCUT2D eigenvalue weighted by Crippen LogP contribution is 2.46. The summed E-state index contributed by atoms with van der Waals surface area (Å²) in [5.41, 5.74) is 0.0106. The van der Waals surface area contributed by atoms with Gasteiger partial charge in [0.2, 0.25) is 0 Å². The Labute approximate surface area is 110 Å². The lowest BCUT2D eigenvalue weighted by Gasteiger charge is -2.16. The van der Waals surface area contributed by atoms with E-state index < -0.39 is 17.7 Å². The molecular formula is C13H17F2NOS. The predicted molar refractivity (Wildman–Crippen MR) is 69.7 cm³/mol. The Kier molecular flexibility index (Phi) is 4.25. The molecule has 0 spiro atoms. The molecule has 0 bridgehead atoms. The van der Waals surface area contributed by atoms with E-state index in [2.05, 4.69) is 11.6 Å². The highest BCUT2D eigenvalue weighted by Gasteiger charge is 2.41. The monoisotopic (exact) mass is 273 g/mol. The zero-order valence-electron chi connectivity index (χ0n) is 10.2. The molecule has 1 unspecified atom stereocenters. The molecule has 0 aliphatic heterocycles. The Balaban J connectivity index is 1.87. The number of hydrogen-bond donors (Lipinski definition) is 2. The van der Waals surface area contributed by atoms with E-state index in [1.807, 2.05) is 11.8 Å². The van der Waals surface area contributed by atoms with Crippen LogP contribution in [0.3, 0.4) is 0 Å². The van der Waals surface area contributed by atoms with Gasteiger partial charge in [-0.15, -0.1) is 0 Å². The van der Waals surface area contributed by atoms with Crippen LogP contribution in [0, 0.1) is 11.6 Å². The van der Waals surface area contributed by atoms with Gasteiger partial charge in [-0.2, -0.15) is 11.8 Å². The van der Waals surface area contributed by atoms with Crippen molar-refractivity contribution in [3.05, 3.63) is 35.4 Å². The van der Waals surface area contributed by atoms with Crippen LogP contribution in [0.2, 0.25) is 0 Å². The molecule has 0 amide bonds. The van der Waals surface area contributed by atoms with Gasteiger partial charge in [0.05, 0.1) is 6.10 Å². The number of halogens is 2. The van der Waals surface area contributed by atoms with Crippen molar-refractivity contribution in [1.29, 1.82) is 0 Å². The van der Waals surface area contributed by atoms with Crippen LogP contribution in [0.5, 0.6) is 0 Å². The molecule has 0 aromatic heterocycles. The van der Waals surface area contributed by atoms with Crippen LogP contribution in [-0.4, -0.2) is 29.2 Å². The van der Waals surface area contributed by atoms with Crippen molar-refractivity contribution in [1.82, 2.24) is 5.32 Å². The minimum absolute atomic E-state index is 0.0106. The van der Waals surface area contributed by atoms with Gasteiger partial charge >= 0.3 is 0 Å². The topological polar surface area (TPSA) is 32.3 Å². The van der Waals surface area contributed by atoms with Crippen LogP contribution in [-0.2, 0) is 0 Å². The first-order valence-corrected chi connectivity index (χ1v) is 7.18. The molecule has 1 aromatic rings. The van der Waals surface area contributed by atoms with Crippen molar-refractivity contribution < 1.29 is 13.9 Å². The smallest absolute Gasteiger partial charge is 0.129 e. The summed E-state index contributed by atoms with van der Waals surface area (Å²) in [4.78, 5) is 0. The molecule has 100 valence electrons. The molecule has 1 saturated carbocycles. The van der Waals surface area contributed by atoms with Crippen LogP contribution in [0.1, 0.15) is 24.5 Å². The minimum atomic E-state index is -1.02. The Morgan fingerprint density at radius 3 is 2.78 bits per heavy atom. The zero-order chi connectivity index (χ0) is 13.2. The first-order chi connectivity index (χ1) is 8.56. The quantitative estimate of drug-likeness (QED) is 0.835. The second-order valence-corrected chi connectivity index (χ2v) is 5.97. The van der Waals surface area contributed by atoms with Crippen molar-refractivity contribution in [3.63, 3.8) is 0 Å². The maximum absolute atomic E-state index is 13.4. The SMILES string of the molecule is CSC1(CNCC(O)c2cc(F)ccc2F)CC1. The summed E-state index contributed by atoms with van der Waals surface area (Å²) in [6.07, 6.45) is 3.40. The maximum Gasteiger partial charge on any atom is 0.129 e. The van der Waals surface area contributed by atoms with Crippen molar-refractivity contribution in [2.24, 2.45) is 0 Å². The molecule has 18 heavy (non-hydrogen) atoms. The van der Waals surface area contributed by atoms with Crippen molar-refractivity contribution >= 4 is 11.8 Å². The molecule has 5 heteroatoms. The average Bonchev–Trinajstić information content (AvgIpc) is 3.13. The Morgan fingerprint density at radius 2 is 2.17 bits per heavy atom. The molecule has 1 aliphatic carbocycles. The molecule has 0 saturated heterocycles. The van der Waals surface area contributed by atoms with Crippen LogP contribution >= 0.6 is 11.8 Å². The van der Waals surface area contributed by atoms with Crippen LogP contribution in [0.25, 0.3) is 0 Å². The molecule has 0 heterocycles. The Hall–Kier alpha value is -0.650. The second kappa shape index (κ2) is 5.55. The standard InChI is InChI=1S/C13H17F2NOS/c1-18-13(4-5-13)8-16-7-12(17)10-6-9(14)2-3-11(10)15/h2-3,6,12,16-17H,4-5,7-8H2,1H3. The van der Waals surface area contributed by atoms with Crippen molar-refractivity contribution in [2.75, 3.05) is 19.3 Å². The van der Waals surface area contributed by atoms with Crippen LogP contribution in [0.15, 0.2) is 18.2 Å². The van der Waals surface area contributed by atoms with Crippen LogP contribution < -0.4 is 5.32 Å². The van der Waals surface area contributed by atoms with Gasteiger partial charge in [-0.3, -0.25) is 0 Å². The predicted octanol–water partition coefficient (Wildman–Crippen LogP) is 2.48.